The van der Waals surface area contributed by atoms with Gasteiger partial charge in [-0.15, -0.1) is 0 Å². The molecule has 0 fully saturated rings. The zero-order valence-corrected chi connectivity index (χ0v) is 10.3. The number of halogens is 2. The van der Waals surface area contributed by atoms with Crippen molar-refractivity contribution < 1.29 is 0 Å². The van der Waals surface area contributed by atoms with Crippen LogP contribution in [-0.2, 0) is 13.6 Å². The summed E-state index contributed by atoms with van der Waals surface area (Å²) in [5.41, 5.74) is 1.91. The molecule has 84 valence electrons. The summed E-state index contributed by atoms with van der Waals surface area (Å²) >= 11 is 11.8. The Balaban J connectivity index is 2.11. The topological polar surface area (TPSA) is 29.9 Å². The quantitative estimate of drug-likeness (QED) is 0.912. The van der Waals surface area contributed by atoms with Crippen LogP contribution in [0.4, 0.5) is 5.69 Å². The Kier molecular flexibility index (Phi) is 3.36. The van der Waals surface area contributed by atoms with E-state index in [1.165, 1.54) is 0 Å². The third-order valence-corrected chi connectivity index (χ3v) is 2.98. The van der Waals surface area contributed by atoms with Gasteiger partial charge in [0.15, 0.2) is 5.15 Å². The van der Waals surface area contributed by atoms with Crippen molar-refractivity contribution in [2.75, 3.05) is 5.32 Å². The van der Waals surface area contributed by atoms with Crippen molar-refractivity contribution in [3.8, 4) is 0 Å². The highest BCUT2D eigenvalue weighted by Crippen LogP contribution is 2.20. The Morgan fingerprint density at radius 3 is 2.50 bits per heavy atom. The van der Waals surface area contributed by atoms with Gasteiger partial charge in [-0.05, 0) is 23.7 Å². The van der Waals surface area contributed by atoms with Crippen molar-refractivity contribution in [3.05, 3.63) is 46.5 Å². The first-order valence-corrected chi connectivity index (χ1v) is 5.59. The summed E-state index contributed by atoms with van der Waals surface area (Å²) in [5, 5.41) is 4.09. The van der Waals surface area contributed by atoms with Crippen LogP contribution in [0.5, 0.6) is 0 Å². The van der Waals surface area contributed by atoms with Gasteiger partial charge in [-0.25, -0.2) is 4.98 Å². The second kappa shape index (κ2) is 4.76. The lowest BCUT2D eigenvalue weighted by Crippen LogP contribution is -2.04. The molecule has 5 heteroatoms. The van der Waals surface area contributed by atoms with Gasteiger partial charge in [0.25, 0.3) is 0 Å². The maximum Gasteiger partial charge on any atom is 0.204 e. The predicted octanol–water partition coefficient (Wildman–Crippen LogP) is 3.34. The third-order valence-electron chi connectivity index (χ3n) is 2.34. The van der Waals surface area contributed by atoms with Crippen LogP contribution in [0.25, 0.3) is 0 Å². The summed E-state index contributed by atoms with van der Waals surface area (Å²) in [5.74, 6) is 0. The molecule has 0 aliphatic heterocycles. The van der Waals surface area contributed by atoms with Gasteiger partial charge >= 0.3 is 0 Å². The average Bonchev–Trinajstić information content (AvgIpc) is 2.53. The zero-order valence-electron chi connectivity index (χ0n) is 8.74. The van der Waals surface area contributed by atoms with E-state index in [4.69, 9.17) is 23.2 Å². The fourth-order valence-electron chi connectivity index (χ4n) is 1.40. The second-order valence-corrected chi connectivity index (χ2v) is 4.09. The molecule has 1 aromatic heterocycles. The number of nitrogens with one attached hydrogen (secondary N) is 1. The first-order valence-electron chi connectivity index (χ1n) is 4.84. The molecule has 0 atom stereocenters. The van der Waals surface area contributed by atoms with E-state index in [-0.39, 0.29) is 0 Å². The van der Waals surface area contributed by atoms with Gasteiger partial charge in [0.1, 0.15) is 0 Å². The first kappa shape index (κ1) is 11.3. The maximum atomic E-state index is 5.96. The van der Waals surface area contributed by atoms with Crippen LogP contribution in [0.3, 0.4) is 0 Å². The van der Waals surface area contributed by atoms with E-state index in [1.54, 1.807) is 4.57 Å². The molecule has 1 N–H and O–H groups in total. The molecule has 3 nitrogen and oxygen atoms in total. The van der Waals surface area contributed by atoms with E-state index in [2.05, 4.69) is 10.3 Å². The number of hydrogen-bond donors (Lipinski definition) is 1. The molecule has 0 saturated heterocycles. The molecule has 2 rings (SSSR count). The number of nitrogens with zero attached hydrogens (tertiary/aromatic N) is 2. The average molecular weight is 256 g/mol. The normalized spacial score (nSPS) is 10.4. The van der Waals surface area contributed by atoms with Crippen LogP contribution >= 0.6 is 23.2 Å². The highest BCUT2D eigenvalue weighted by atomic mass is 35.5. The van der Waals surface area contributed by atoms with Crippen LogP contribution in [-0.4, -0.2) is 9.55 Å². The van der Waals surface area contributed by atoms with Crippen molar-refractivity contribution in [2.45, 2.75) is 6.54 Å². The smallest absolute Gasteiger partial charge is 0.204 e. The number of anilines is 1. The van der Waals surface area contributed by atoms with Crippen LogP contribution < -0.4 is 5.32 Å². The number of benzene rings is 1. The fourth-order valence-corrected chi connectivity index (χ4v) is 1.91. The van der Waals surface area contributed by atoms with Crippen LogP contribution in [0.1, 0.15) is 5.69 Å². The molecule has 0 radical (unpaired) electrons. The molecular weight excluding hydrogens is 245 g/mol. The number of para-hydroxylation sites is 1. The SMILES string of the molecule is Cn1c(Cl)nc(Cl)c1CNc1ccccc1. The van der Waals surface area contributed by atoms with E-state index in [0.717, 1.165) is 11.4 Å². The highest BCUT2D eigenvalue weighted by Gasteiger charge is 2.10. The molecule has 1 aromatic carbocycles. The fraction of sp³-hybridized carbons (Fsp3) is 0.182. The van der Waals surface area contributed by atoms with Crippen molar-refractivity contribution in [3.63, 3.8) is 0 Å². The lowest BCUT2D eigenvalue weighted by molar-refractivity contribution is 0.838. The number of aromatic nitrogens is 2. The van der Waals surface area contributed by atoms with Gasteiger partial charge < -0.3 is 9.88 Å². The lowest BCUT2D eigenvalue weighted by Gasteiger charge is -2.07. The summed E-state index contributed by atoms with van der Waals surface area (Å²) in [4.78, 5) is 3.98. The van der Waals surface area contributed by atoms with Crippen molar-refractivity contribution >= 4 is 28.9 Å². The number of rotatable bonds is 3. The van der Waals surface area contributed by atoms with Crippen LogP contribution in [0, 0.1) is 0 Å². The molecule has 0 aliphatic carbocycles. The standard InChI is InChI=1S/C11H11Cl2N3/c1-16-9(10(12)15-11(16)13)7-14-8-5-3-2-4-6-8/h2-6,14H,7H2,1H3. The van der Waals surface area contributed by atoms with Gasteiger partial charge in [-0.3, -0.25) is 0 Å². The van der Waals surface area contributed by atoms with E-state index in [1.807, 2.05) is 37.4 Å². The van der Waals surface area contributed by atoms with E-state index in [0.29, 0.717) is 17.0 Å². The predicted molar refractivity (Wildman–Crippen MR) is 67.0 cm³/mol. The summed E-state index contributed by atoms with van der Waals surface area (Å²) in [6.07, 6.45) is 0. The molecule has 0 bridgehead atoms. The van der Waals surface area contributed by atoms with E-state index in [9.17, 15) is 0 Å². The van der Waals surface area contributed by atoms with Crippen LogP contribution in [0.15, 0.2) is 30.3 Å². The minimum atomic E-state index is 0.398. The zero-order chi connectivity index (χ0) is 11.5. The van der Waals surface area contributed by atoms with Crippen molar-refractivity contribution in [1.82, 2.24) is 9.55 Å². The second-order valence-electron chi connectivity index (χ2n) is 3.40. The minimum Gasteiger partial charge on any atom is -0.379 e. The number of imidazole rings is 1. The molecule has 0 unspecified atom stereocenters. The van der Waals surface area contributed by atoms with Crippen LogP contribution in [0.2, 0.25) is 10.4 Å². The van der Waals surface area contributed by atoms with Gasteiger partial charge in [0.2, 0.25) is 5.28 Å². The Hall–Kier alpha value is -1.19. The largest absolute Gasteiger partial charge is 0.379 e. The Bertz CT molecular complexity index is 479. The first-order chi connectivity index (χ1) is 7.68. The molecule has 0 amide bonds. The lowest BCUT2D eigenvalue weighted by atomic mass is 10.3. The number of hydrogen-bond acceptors (Lipinski definition) is 2. The molecule has 16 heavy (non-hydrogen) atoms. The molecule has 2 aromatic rings. The molecule has 0 saturated carbocycles. The summed E-state index contributed by atoms with van der Waals surface area (Å²) in [6, 6.07) is 9.90. The van der Waals surface area contributed by atoms with Gasteiger partial charge in [0, 0.05) is 12.7 Å². The third kappa shape index (κ3) is 2.31. The monoisotopic (exact) mass is 255 g/mol. The molecular formula is C11H11Cl2N3. The van der Waals surface area contributed by atoms with Gasteiger partial charge in [-0.2, -0.15) is 0 Å². The maximum absolute atomic E-state index is 5.96. The summed E-state index contributed by atoms with van der Waals surface area (Å²) in [7, 11) is 1.84. The van der Waals surface area contributed by atoms with Gasteiger partial charge in [0.05, 0.1) is 12.2 Å². The van der Waals surface area contributed by atoms with E-state index < -0.39 is 0 Å². The Morgan fingerprint density at radius 1 is 1.25 bits per heavy atom. The van der Waals surface area contributed by atoms with Crippen molar-refractivity contribution in [2.24, 2.45) is 7.05 Å². The summed E-state index contributed by atoms with van der Waals surface area (Å²) < 4.78 is 1.76. The summed E-state index contributed by atoms with van der Waals surface area (Å²) in [6.45, 7) is 0.596. The Morgan fingerprint density at radius 2 is 1.94 bits per heavy atom. The van der Waals surface area contributed by atoms with E-state index >= 15 is 0 Å². The molecule has 0 spiro atoms. The minimum absolute atomic E-state index is 0.398. The molecule has 1 heterocycles. The van der Waals surface area contributed by atoms with Crippen molar-refractivity contribution in [1.29, 1.82) is 0 Å². The highest BCUT2D eigenvalue weighted by molar-refractivity contribution is 6.32. The Labute approximate surface area is 104 Å². The van der Waals surface area contributed by atoms with Gasteiger partial charge in [-0.1, -0.05) is 29.8 Å². The molecule has 0 aliphatic rings.